The Morgan fingerprint density at radius 1 is 1.47 bits per heavy atom. The molecule has 15 heavy (non-hydrogen) atoms. The molecule has 1 rings (SSSR count). The number of rotatable bonds is 6. The van der Waals surface area contributed by atoms with Crippen LogP contribution in [0.4, 0.5) is 0 Å². The summed E-state index contributed by atoms with van der Waals surface area (Å²) < 4.78 is 0. The van der Waals surface area contributed by atoms with Crippen LogP contribution >= 0.6 is 11.3 Å². The lowest BCUT2D eigenvalue weighted by Crippen LogP contribution is -2.22. The Morgan fingerprint density at radius 2 is 2.20 bits per heavy atom. The molecule has 1 aromatic rings. The fourth-order valence-electron chi connectivity index (χ4n) is 1.31. The number of hydrogen-bond acceptors (Lipinski definition) is 5. The van der Waals surface area contributed by atoms with Gasteiger partial charge in [-0.1, -0.05) is 0 Å². The molecule has 0 amide bonds. The van der Waals surface area contributed by atoms with Crippen LogP contribution in [0.2, 0.25) is 0 Å². The van der Waals surface area contributed by atoms with Gasteiger partial charge in [0.25, 0.3) is 0 Å². The summed E-state index contributed by atoms with van der Waals surface area (Å²) in [7, 11) is 1.80. The van der Waals surface area contributed by atoms with E-state index in [1.807, 2.05) is 0 Å². The van der Waals surface area contributed by atoms with E-state index in [1.54, 1.807) is 18.5 Å². The summed E-state index contributed by atoms with van der Waals surface area (Å²) in [5, 5.41) is 33.0. The molecule has 4 nitrogen and oxygen atoms in total. The molecule has 0 saturated heterocycles. The highest BCUT2D eigenvalue weighted by atomic mass is 32.1. The molecule has 0 aromatic carbocycles. The van der Waals surface area contributed by atoms with E-state index < -0.39 is 12.2 Å². The molecule has 1 aromatic heterocycles. The van der Waals surface area contributed by atoms with Crippen LogP contribution in [0.15, 0.2) is 11.4 Å². The highest BCUT2D eigenvalue weighted by molar-refractivity contribution is 7.10. The van der Waals surface area contributed by atoms with E-state index in [-0.39, 0.29) is 6.61 Å². The van der Waals surface area contributed by atoms with Crippen LogP contribution in [0, 0.1) is 0 Å². The van der Waals surface area contributed by atoms with Crippen LogP contribution in [0.1, 0.15) is 23.0 Å². The molecule has 0 aliphatic carbocycles. The molecule has 4 N–H and O–H groups in total. The number of nitrogens with one attached hydrogen (secondary N) is 1. The normalized spacial score (nSPS) is 15.2. The Bertz CT molecular complexity index is 290. The van der Waals surface area contributed by atoms with Crippen LogP contribution in [-0.4, -0.2) is 35.0 Å². The lowest BCUT2D eigenvalue weighted by molar-refractivity contribution is 0.0142. The van der Waals surface area contributed by atoms with Gasteiger partial charge in [0, 0.05) is 4.88 Å². The average Bonchev–Trinajstić information content (AvgIpc) is 2.73. The van der Waals surface area contributed by atoms with Gasteiger partial charge in [-0.05, 0) is 37.0 Å². The zero-order chi connectivity index (χ0) is 11.3. The maximum atomic E-state index is 9.77. The van der Waals surface area contributed by atoms with Gasteiger partial charge in [-0.2, -0.15) is 0 Å². The molecule has 86 valence electrons. The molecule has 0 aliphatic heterocycles. The molecule has 0 fully saturated rings. The van der Waals surface area contributed by atoms with Crippen LogP contribution in [-0.2, 0) is 6.61 Å². The summed E-state index contributed by atoms with van der Waals surface area (Å²) >= 11 is 1.38. The summed E-state index contributed by atoms with van der Waals surface area (Å²) in [5.41, 5.74) is 0.674. The second-order valence-electron chi connectivity index (χ2n) is 3.41. The van der Waals surface area contributed by atoms with Crippen molar-refractivity contribution in [3.63, 3.8) is 0 Å². The minimum absolute atomic E-state index is 0.0238. The van der Waals surface area contributed by atoms with E-state index in [1.165, 1.54) is 11.3 Å². The molecule has 0 saturated carbocycles. The zero-order valence-corrected chi connectivity index (χ0v) is 9.50. The second kappa shape index (κ2) is 6.19. The van der Waals surface area contributed by atoms with Crippen molar-refractivity contribution >= 4 is 11.3 Å². The molecule has 5 heteroatoms. The average molecular weight is 231 g/mol. The van der Waals surface area contributed by atoms with E-state index in [4.69, 9.17) is 5.11 Å². The lowest BCUT2D eigenvalue weighted by atomic mass is 10.0. The Hall–Kier alpha value is -0.460. The second-order valence-corrected chi connectivity index (χ2v) is 4.40. The molecule has 0 aliphatic rings. The van der Waals surface area contributed by atoms with Crippen LogP contribution in [0.3, 0.4) is 0 Å². The highest BCUT2D eigenvalue weighted by Gasteiger charge is 2.18. The number of aliphatic hydroxyl groups is 3. The smallest absolute Gasteiger partial charge is 0.106 e. The SMILES string of the molecule is CNCCC(O)C(O)c1csc(CO)c1. The molecule has 1 heterocycles. The Kier molecular flexibility index (Phi) is 5.21. The monoisotopic (exact) mass is 231 g/mol. The van der Waals surface area contributed by atoms with Gasteiger partial charge in [0.2, 0.25) is 0 Å². The van der Waals surface area contributed by atoms with Crippen molar-refractivity contribution in [3.05, 3.63) is 21.9 Å². The number of thiophene rings is 1. The zero-order valence-electron chi connectivity index (χ0n) is 8.68. The summed E-state index contributed by atoms with van der Waals surface area (Å²) in [6.07, 6.45) is -1.13. The molecule has 2 unspecified atom stereocenters. The van der Waals surface area contributed by atoms with E-state index in [2.05, 4.69) is 5.32 Å². The van der Waals surface area contributed by atoms with Gasteiger partial charge in [0.1, 0.15) is 6.10 Å². The van der Waals surface area contributed by atoms with Crippen molar-refractivity contribution in [1.29, 1.82) is 0 Å². The first kappa shape index (κ1) is 12.6. The van der Waals surface area contributed by atoms with Crippen LogP contribution in [0.25, 0.3) is 0 Å². The minimum atomic E-state index is -0.866. The van der Waals surface area contributed by atoms with Crippen molar-refractivity contribution in [3.8, 4) is 0 Å². The van der Waals surface area contributed by atoms with Gasteiger partial charge >= 0.3 is 0 Å². The first-order valence-electron chi connectivity index (χ1n) is 4.88. The maximum absolute atomic E-state index is 9.77. The third kappa shape index (κ3) is 3.55. The van der Waals surface area contributed by atoms with E-state index in [0.29, 0.717) is 18.5 Å². The van der Waals surface area contributed by atoms with Crippen molar-refractivity contribution in [2.45, 2.75) is 25.2 Å². The largest absolute Gasteiger partial charge is 0.391 e. The van der Waals surface area contributed by atoms with E-state index in [9.17, 15) is 10.2 Å². The van der Waals surface area contributed by atoms with Gasteiger partial charge < -0.3 is 20.6 Å². The Morgan fingerprint density at radius 3 is 2.73 bits per heavy atom. The van der Waals surface area contributed by atoms with Crippen LogP contribution < -0.4 is 5.32 Å². The van der Waals surface area contributed by atoms with Gasteiger partial charge in [0.15, 0.2) is 0 Å². The highest BCUT2D eigenvalue weighted by Crippen LogP contribution is 2.24. The van der Waals surface area contributed by atoms with E-state index >= 15 is 0 Å². The van der Waals surface area contributed by atoms with Crippen molar-refractivity contribution in [1.82, 2.24) is 5.32 Å². The van der Waals surface area contributed by atoms with Crippen molar-refractivity contribution < 1.29 is 15.3 Å². The first-order valence-corrected chi connectivity index (χ1v) is 5.76. The molecule has 0 radical (unpaired) electrons. The van der Waals surface area contributed by atoms with E-state index in [0.717, 1.165) is 4.88 Å². The summed E-state index contributed by atoms with van der Waals surface area (Å²) in [5.74, 6) is 0. The van der Waals surface area contributed by atoms with Gasteiger partial charge in [-0.25, -0.2) is 0 Å². The van der Waals surface area contributed by atoms with Gasteiger partial charge in [0.05, 0.1) is 12.7 Å². The minimum Gasteiger partial charge on any atom is -0.391 e. The molecular weight excluding hydrogens is 214 g/mol. The van der Waals surface area contributed by atoms with Crippen LogP contribution in [0.5, 0.6) is 0 Å². The maximum Gasteiger partial charge on any atom is 0.106 e. The first-order chi connectivity index (χ1) is 7.19. The predicted molar refractivity (Wildman–Crippen MR) is 59.8 cm³/mol. The number of hydrogen-bond donors (Lipinski definition) is 4. The molecule has 0 spiro atoms. The predicted octanol–water partition coefficient (Wildman–Crippen LogP) is 0.244. The van der Waals surface area contributed by atoms with Gasteiger partial charge in [-0.15, -0.1) is 11.3 Å². The third-order valence-corrected chi connectivity index (χ3v) is 3.17. The standard InChI is InChI=1S/C10H17NO3S/c1-11-3-2-9(13)10(14)7-4-8(5-12)15-6-7/h4,6,9-14H,2-3,5H2,1H3. The summed E-state index contributed by atoms with van der Waals surface area (Å²) in [4.78, 5) is 0.796. The number of aliphatic hydroxyl groups excluding tert-OH is 3. The fourth-order valence-corrected chi connectivity index (χ4v) is 2.08. The lowest BCUT2D eigenvalue weighted by Gasteiger charge is -2.16. The quantitative estimate of drug-likeness (QED) is 0.566. The summed E-state index contributed by atoms with van der Waals surface area (Å²) in [6.45, 7) is 0.638. The Labute approximate surface area is 93.2 Å². The Balaban J connectivity index is 2.54. The molecule has 2 atom stereocenters. The topological polar surface area (TPSA) is 72.7 Å². The molecule has 0 bridgehead atoms. The summed E-state index contributed by atoms with van der Waals surface area (Å²) in [6, 6.07) is 1.72. The van der Waals surface area contributed by atoms with Crippen molar-refractivity contribution in [2.24, 2.45) is 0 Å². The molecular formula is C10H17NO3S. The van der Waals surface area contributed by atoms with Crippen molar-refractivity contribution in [2.75, 3.05) is 13.6 Å². The third-order valence-electron chi connectivity index (χ3n) is 2.23. The fraction of sp³-hybridized carbons (Fsp3) is 0.600. The van der Waals surface area contributed by atoms with Gasteiger partial charge in [-0.3, -0.25) is 0 Å².